The lowest BCUT2D eigenvalue weighted by Gasteiger charge is -2.46. The van der Waals surface area contributed by atoms with E-state index in [0.29, 0.717) is 25.6 Å². The van der Waals surface area contributed by atoms with Crippen LogP contribution in [0.3, 0.4) is 0 Å². The zero-order chi connectivity index (χ0) is 14.8. The first-order valence-corrected chi connectivity index (χ1v) is 7.56. The van der Waals surface area contributed by atoms with Crippen LogP contribution in [0.1, 0.15) is 46.0 Å². The Bertz CT molecular complexity index is 376. The van der Waals surface area contributed by atoms with Crippen molar-refractivity contribution in [2.45, 2.75) is 52.1 Å². The van der Waals surface area contributed by atoms with Crippen LogP contribution in [0.4, 0.5) is 0 Å². The molecular weight excluding hydrogens is 258 g/mol. The van der Waals surface area contributed by atoms with Crippen LogP contribution < -0.4 is 0 Å². The number of nitrogens with zero attached hydrogens (tertiary/aromatic N) is 1. The number of carbonyl (C=O) groups excluding carboxylic acids is 1. The van der Waals surface area contributed by atoms with Crippen LogP contribution in [0.15, 0.2) is 0 Å². The van der Waals surface area contributed by atoms with E-state index in [0.717, 1.165) is 25.7 Å². The summed E-state index contributed by atoms with van der Waals surface area (Å²) in [5.41, 5.74) is -0.181. The molecule has 2 aliphatic rings. The fourth-order valence-corrected chi connectivity index (χ4v) is 3.45. The first-order valence-electron chi connectivity index (χ1n) is 7.56. The predicted octanol–water partition coefficient (Wildman–Crippen LogP) is 1.90. The van der Waals surface area contributed by atoms with Crippen molar-refractivity contribution in [3.05, 3.63) is 0 Å². The molecule has 1 N–H and O–H groups in total. The minimum Gasteiger partial charge on any atom is -0.481 e. The van der Waals surface area contributed by atoms with E-state index < -0.39 is 5.97 Å². The number of hydrogen-bond acceptors (Lipinski definition) is 3. The molecule has 1 saturated carbocycles. The number of rotatable bonds is 5. The molecule has 1 atom stereocenters. The lowest BCUT2D eigenvalue weighted by Crippen LogP contribution is -2.54. The summed E-state index contributed by atoms with van der Waals surface area (Å²) in [6.45, 7) is 5.76. The van der Waals surface area contributed by atoms with Gasteiger partial charge < -0.3 is 14.7 Å². The van der Waals surface area contributed by atoms with Gasteiger partial charge in [0.15, 0.2) is 0 Å². The maximum Gasteiger partial charge on any atom is 0.306 e. The van der Waals surface area contributed by atoms with Gasteiger partial charge in [-0.2, -0.15) is 0 Å². The Kier molecular flexibility index (Phi) is 4.68. The van der Waals surface area contributed by atoms with Crippen LogP contribution in [-0.2, 0) is 14.3 Å². The summed E-state index contributed by atoms with van der Waals surface area (Å²) in [5.74, 6) is -0.143. The highest BCUT2D eigenvalue weighted by molar-refractivity contribution is 5.84. The van der Waals surface area contributed by atoms with Gasteiger partial charge in [-0.3, -0.25) is 9.59 Å². The number of amides is 1. The molecule has 2 fully saturated rings. The molecule has 1 unspecified atom stereocenters. The van der Waals surface area contributed by atoms with Gasteiger partial charge in [0.05, 0.1) is 19.1 Å². The topological polar surface area (TPSA) is 66.8 Å². The Morgan fingerprint density at radius 2 is 2.10 bits per heavy atom. The summed E-state index contributed by atoms with van der Waals surface area (Å²) in [5, 5.41) is 8.84. The molecule has 0 spiro atoms. The van der Waals surface area contributed by atoms with Gasteiger partial charge in [0.2, 0.25) is 5.91 Å². The highest BCUT2D eigenvalue weighted by Gasteiger charge is 2.47. The summed E-state index contributed by atoms with van der Waals surface area (Å²) in [6, 6.07) is 0. The van der Waals surface area contributed by atoms with Gasteiger partial charge in [-0.05, 0) is 25.2 Å². The average molecular weight is 283 g/mol. The smallest absolute Gasteiger partial charge is 0.306 e. The molecule has 5 heteroatoms. The Morgan fingerprint density at radius 1 is 1.40 bits per heavy atom. The number of aliphatic carboxylic acids is 1. The van der Waals surface area contributed by atoms with Crippen LogP contribution in [0.25, 0.3) is 0 Å². The van der Waals surface area contributed by atoms with Crippen molar-refractivity contribution in [1.82, 2.24) is 4.90 Å². The number of carboxylic acids is 1. The molecule has 0 bridgehead atoms. The Labute approximate surface area is 120 Å². The molecule has 1 amide bonds. The molecule has 0 aromatic heterocycles. The summed E-state index contributed by atoms with van der Waals surface area (Å²) >= 11 is 0. The average Bonchev–Trinajstić information content (AvgIpc) is 2.32. The summed E-state index contributed by atoms with van der Waals surface area (Å²) in [4.78, 5) is 25.4. The third kappa shape index (κ3) is 3.32. The van der Waals surface area contributed by atoms with E-state index in [2.05, 4.69) is 13.8 Å². The van der Waals surface area contributed by atoms with Crippen LogP contribution in [-0.4, -0.2) is 47.7 Å². The molecule has 0 aromatic carbocycles. The van der Waals surface area contributed by atoms with Crippen molar-refractivity contribution in [2.24, 2.45) is 11.3 Å². The second-order valence-electron chi connectivity index (χ2n) is 6.57. The molecule has 1 aliphatic carbocycles. The van der Waals surface area contributed by atoms with E-state index in [1.165, 1.54) is 0 Å². The minimum absolute atomic E-state index is 0.0268. The van der Waals surface area contributed by atoms with Crippen LogP contribution >= 0.6 is 0 Å². The minimum atomic E-state index is -0.871. The number of morpholine rings is 1. The van der Waals surface area contributed by atoms with Crippen molar-refractivity contribution < 1.29 is 19.4 Å². The summed E-state index contributed by atoms with van der Waals surface area (Å²) < 4.78 is 5.44. The van der Waals surface area contributed by atoms with Gasteiger partial charge in [-0.15, -0.1) is 0 Å². The van der Waals surface area contributed by atoms with Crippen molar-refractivity contribution in [3.63, 3.8) is 0 Å². The van der Waals surface area contributed by atoms with Crippen LogP contribution in [0.5, 0.6) is 0 Å². The van der Waals surface area contributed by atoms with E-state index in [1.54, 1.807) is 0 Å². The van der Waals surface area contributed by atoms with Gasteiger partial charge in [0.25, 0.3) is 0 Å². The Hall–Kier alpha value is -1.10. The molecule has 2 rings (SSSR count). The normalized spacial score (nSPS) is 25.4. The maximum absolute atomic E-state index is 12.8. The number of carbonyl (C=O) groups is 2. The van der Waals surface area contributed by atoms with Gasteiger partial charge in [-0.1, -0.05) is 20.3 Å². The van der Waals surface area contributed by atoms with Gasteiger partial charge in [-0.25, -0.2) is 0 Å². The van der Waals surface area contributed by atoms with Gasteiger partial charge >= 0.3 is 5.97 Å². The van der Waals surface area contributed by atoms with Crippen LogP contribution in [0.2, 0.25) is 0 Å². The van der Waals surface area contributed by atoms with Crippen molar-refractivity contribution in [2.75, 3.05) is 19.7 Å². The van der Waals surface area contributed by atoms with E-state index >= 15 is 0 Å². The molecule has 20 heavy (non-hydrogen) atoms. The Morgan fingerprint density at radius 3 is 2.60 bits per heavy atom. The van der Waals surface area contributed by atoms with Crippen molar-refractivity contribution >= 4 is 11.9 Å². The first kappa shape index (κ1) is 15.3. The van der Waals surface area contributed by atoms with E-state index in [9.17, 15) is 9.59 Å². The lowest BCUT2D eigenvalue weighted by molar-refractivity contribution is -0.159. The van der Waals surface area contributed by atoms with Crippen molar-refractivity contribution in [1.29, 1.82) is 0 Å². The second-order valence-corrected chi connectivity index (χ2v) is 6.57. The lowest BCUT2D eigenvalue weighted by atomic mass is 9.63. The molecule has 114 valence electrons. The zero-order valence-electron chi connectivity index (χ0n) is 12.4. The van der Waals surface area contributed by atoms with E-state index in [1.807, 2.05) is 4.90 Å². The SMILES string of the molecule is CC(C)CC1(C(=O)N2CCOC(CC(=O)O)C2)CCC1. The standard InChI is InChI=1S/C15H25NO4/c1-11(2)9-15(4-3-5-15)14(19)16-6-7-20-12(10-16)8-13(17)18/h11-12H,3-10H2,1-2H3,(H,17,18). The first-order chi connectivity index (χ1) is 9.43. The largest absolute Gasteiger partial charge is 0.481 e. The van der Waals surface area contributed by atoms with E-state index in [4.69, 9.17) is 9.84 Å². The second kappa shape index (κ2) is 6.12. The number of hydrogen-bond donors (Lipinski definition) is 1. The highest BCUT2D eigenvalue weighted by atomic mass is 16.5. The third-order valence-corrected chi connectivity index (χ3v) is 4.39. The predicted molar refractivity (Wildman–Crippen MR) is 74.3 cm³/mol. The third-order valence-electron chi connectivity index (χ3n) is 4.39. The molecular formula is C15H25NO4. The molecule has 1 aliphatic heterocycles. The molecule has 0 radical (unpaired) electrons. The van der Waals surface area contributed by atoms with Crippen LogP contribution in [0, 0.1) is 11.3 Å². The number of ether oxygens (including phenoxy) is 1. The zero-order valence-corrected chi connectivity index (χ0v) is 12.4. The quantitative estimate of drug-likeness (QED) is 0.837. The maximum atomic E-state index is 12.8. The fraction of sp³-hybridized carbons (Fsp3) is 0.867. The monoisotopic (exact) mass is 283 g/mol. The van der Waals surface area contributed by atoms with E-state index in [-0.39, 0.29) is 23.8 Å². The van der Waals surface area contributed by atoms with Gasteiger partial charge in [0, 0.05) is 18.5 Å². The molecule has 1 saturated heterocycles. The Balaban J connectivity index is 1.98. The summed E-state index contributed by atoms with van der Waals surface area (Å²) in [6.07, 6.45) is 3.63. The number of carboxylic acid groups (broad SMARTS) is 1. The van der Waals surface area contributed by atoms with Crippen molar-refractivity contribution in [3.8, 4) is 0 Å². The molecule has 5 nitrogen and oxygen atoms in total. The molecule has 0 aromatic rings. The fourth-order valence-electron chi connectivity index (χ4n) is 3.45. The van der Waals surface area contributed by atoms with Gasteiger partial charge in [0.1, 0.15) is 0 Å². The molecule has 1 heterocycles. The highest BCUT2D eigenvalue weighted by Crippen LogP contribution is 2.47. The summed E-state index contributed by atoms with van der Waals surface area (Å²) in [7, 11) is 0.